The number of H-pyrrole nitrogens is 1. The first-order valence-corrected chi connectivity index (χ1v) is 7.01. The molecule has 0 atom stereocenters. The summed E-state index contributed by atoms with van der Waals surface area (Å²) in [5.74, 6) is 1.51. The standard InChI is InChI=1S/C15H13N3O.C2H6/c1-10-4-2-5-11(8-10)14-16-15(18-17-14)12-6-3-7-13(19)9-12;1-2/h2-9,19H,1H3,(H,16,17,18);1-2H3. The van der Waals surface area contributed by atoms with Gasteiger partial charge in [-0.2, -0.15) is 5.10 Å². The zero-order chi connectivity index (χ0) is 15.2. The van der Waals surface area contributed by atoms with Gasteiger partial charge in [-0.1, -0.05) is 49.7 Å². The molecule has 2 aromatic carbocycles. The Bertz CT molecular complexity index is 659. The molecule has 1 aromatic heterocycles. The molecule has 4 heteroatoms. The van der Waals surface area contributed by atoms with Crippen molar-refractivity contribution in [1.82, 2.24) is 15.2 Å². The number of hydrogen-bond donors (Lipinski definition) is 2. The monoisotopic (exact) mass is 281 g/mol. The number of benzene rings is 2. The molecule has 2 N–H and O–H groups in total. The minimum Gasteiger partial charge on any atom is -0.508 e. The van der Waals surface area contributed by atoms with Crippen molar-refractivity contribution in [3.05, 3.63) is 54.1 Å². The van der Waals surface area contributed by atoms with E-state index in [1.165, 1.54) is 5.56 Å². The molecule has 4 nitrogen and oxygen atoms in total. The number of aryl methyl sites for hydroxylation is 1. The van der Waals surface area contributed by atoms with Crippen LogP contribution in [-0.2, 0) is 0 Å². The summed E-state index contributed by atoms with van der Waals surface area (Å²) in [6.45, 7) is 6.03. The van der Waals surface area contributed by atoms with Gasteiger partial charge in [-0.15, -0.1) is 0 Å². The molecule has 0 fully saturated rings. The first-order chi connectivity index (χ1) is 10.2. The van der Waals surface area contributed by atoms with E-state index in [0.29, 0.717) is 11.6 Å². The van der Waals surface area contributed by atoms with E-state index < -0.39 is 0 Å². The molecule has 0 aliphatic heterocycles. The summed E-state index contributed by atoms with van der Waals surface area (Å²) < 4.78 is 0. The van der Waals surface area contributed by atoms with Crippen LogP contribution in [0.5, 0.6) is 5.75 Å². The van der Waals surface area contributed by atoms with Crippen LogP contribution in [0.1, 0.15) is 19.4 Å². The normalized spacial score (nSPS) is 9.86. The molecule has 0 bridgehead atoms. The van der Waals surface area contributed by atoms with E-state index in [2.05, 4.69) is 15.2 Å². The third-order valence-corrected chi connectivity index (χ3v) is 2.88. The van der Waals surface area contributed by atoms with E-state index in [1.54, 1.807) is 18.2 Å². The Hall–Kier alpha value is -2.62. The zero-order valence-electron chi connectivity index (χ0n) is 12.5. The van der Waals surface area contributed by atoms with Crippen molar-refractivity contribution in [3.8, 4) is 28.5 Å². The fourth-order valence-electron chi connectivity index (χ4n) is 1.96. The Morgan fingerprint density at radius 3 is 2.38 bits per heavy atom. The summed E-state index contributed by atoms with van der Waals surface area (Å²) in [4.78, 5) is 4.46. The van der Waals surface area contributed by atoms with Crippen LogP contribution in [0.2, 0.25) is 0 Å². The lowest BCUT2D eigenvalue weighted by Crippen LogP contribution is -1.82. The molecular formula is C17H19N3O. The quantitative estimate of drug-likeness (QED) is 0.740. The molecule has 108 valence electrons. The van der Waals surface area contributed by atoms with Gasteiger partial charge in [0.25, 0.3) is 0 Å². The van der Waals surface area contributed by atoms with E-state index in [1.807, 2.05) is 51.1 Å². The van der Waals surface area contributed by atoms with Gasteiger partial charge in [-0.05, 0) is 25.1 Å². The van der Waals surface area contributed by atoms with Crippen molar-refractivity contribution < 1.29 is 5.11 Å². The number of aromatic hydroxyl groups is 1. The molecule has 21 heavy (non-hydrogen) atoms. The van der Waals surface area contributed by atoms with Gasteiger partial charge in [0, 0.05) is 11.1 Å². The minimum absolute atomic E-state index is 0.214. The van der Waals surface area contributed by atoms with Crippen LogP contribution in [0.3, 0.4) is 0 Å². The van der Waals surface area contributed by atoms with Gasteiger partial charge in [0.15, 0.2) is 11.6 Å². The van der Waals surface area contributed by atoms with Crippen LogP contribution in [0.15, 0.2) is 48.5 Å². The SMILES string of the molecule is CC.Cc1cccc(-c2n[nH]c(-c3cccc(O)c3)n2)c1. The predicted octanol–water partition coefficient (Wildman–Crippen LogP) is 4.18. The maximum Gasteiger partial charge on any atom is 0.181 e. The number of aromatic amines is 1. The van der Waals surface area contributed by atoms with Gasteiger partial charge in [-0.3, -0.25) is 5.10 Å². The van der Waals surface area contributed by atoms with E-state index in [4.69, 9.17) is 0 Å². The molecule has 0 aliphatic carbocycles. The summed E-state index contributed by atoms with van der Waals surface area (Å²) in [7, 11) is 0. The molecule has 0 unspecified atom stereocenters. The fourth-order valence-corrected chi connectivity index (χ4v) is 1.96. The lowest BCUT2D eigenvalue weighted by Gasteiger charge is -1.97. The average Bonchev–Trinajstić information content (AvgIpc) is 2.99. The Morgan fingerprint density at radius 1 is 0.952 bits per heavy atom. The number of nitrogens with one attached hydrogen (secondary N) is 1. The molecule has 0 spiro atoms. The van der Waals surface area contributed by atoms with Crippen LogP contribution < -0.4 is 0 Å². The number of phenolic OH excluding ortho intramolecular Hbond substituents is 1. The zero-order valence-corrected chi connectivity index (χ0v) is 12.5. The van der Waals surface area contributed by atoms with E-state index >= 15 is 0 Å². The number of phenols is 1. The lowest BCUT2D eigenvalue weighted by molar-refractivity contribution is 0.475. The molecule has 3 aromatic rings. The molecule has 0 aliphatic rings. The smallest absolute Gasteiger partial charge is 0.181 e. The molecule has 0 saturated carbocycles. The summed E-state index contributed by atoms with van der Waals surface area (Å²) in [6, 6.07) is 15.0. The van der Waals surface area contributed by atoms with E-state index in [9.17, 15) is 5.11 Å². The molecule has 0 radical (unpaired) electrons. The summed E-state index contributed by atoms with van der Waals surface area (Å²) in [5, 5.41) is 16.6. The van der Waals surface area contributed by atoms with Crippen molar-refractivity contribution in [1.29, 1.82) is 0 Å². The van der Waals surface area contributed by atoms with Crippen LogP contribution in [0, 0.1) is 6.92 Å². The summed E-state index contributed by atoms with van der Waals surface area (Å²) >= 11 is 0. The highest BCUT2D eigenvalue weighted by atomic mass is 16.3. The highest BCUT2D eigenvalue weighted by molar-refractivity contribution is 5.62. The minimum atomic E-state index is 0.214. The van der Waals surface area contributed by atoms with Gasteiger partial charge in [-0.25, -0.2) is 4.98 Å². The summed E-state index contributed by atoms with van der Waals surface area (Å²) in [5.41, 5.74) is 2.95. The molecule has 0 amide bonds. The largest absolute Gasteiger partial charge is 0.508 e. The molecule has 0 saturated heterocycles. The van der Waals surface area contributed by atoms with Gasteiger partial charge in [0.2, 0.25) is 0 Å². The number of nitrogens with zero attached hydrogens (tertiary/aromatic N) is 2. The number of hydrogen-bond acceptors (Lipinski definition) is 3. The van der Waals surface area contributed by atoms with Crippen molar-refractivity contribution >= 4 is 0 Å². The first kappa shape index (κ1) is 14.8. The van der Waals surface area contributed by atoms with Crippen molar-refractivity contribution in [3.63, 3.8) is 0 Å². The second-order valence-corrected chi connectivity index (χ2v) is 4.43. The van der Waals surface area contributed by atoms with E-state index in [-0.39, 0.29) is 5.75 Å². The van der Waals surface area contributed by atoms with Gasteiger partial charge in [0.1, 0.15) is 5.75 Å². The van der Waals surface area contributed by atoms with Crippen molar-refractivity contribution in [2.45, 2.75) is 20.8 Å². The highest BCUT2D eigenvalue weighted by Gasteiger charge is 2.08. The topological polar surface area (TPSA) is 61.8 Å². The summed E-state index contributed by atoms with van der Waals surface area (Å²) in [6.07, 6.45) is 0. The first-order valence-electron chi connectivity index (χ1n) is 7.01. The number of rotatable bonds is 2. The van der Waals surface area contributed by atoms with Crippen LogP contribution in [0.25, 0.3) is 22.8 Å². The van der Waals surface area contributed by atoms with Gasteiger partial charge < -0.3 is 5.11 Å². The van der Waals surface area contributed by atoms with Crippen LogP contribution in [-0.4, -0.2) is 20.3 Å². The molecular weight excluding hydrogens is 262 g/mol. The molecule has 1 heterocycles. The van der Waals surface area contributed by atoms with Crippen LogP contribution >= 0.6 is 0 Å². The maximum atomic E-state index is 9.47. The Kier molecular flexibility index (Phi) is 4.72. The second kappa shape index (κ2) is 6.70. The van der Waals surface area contributed by atoms with Crippen molar-refractivity contribution in [2.24, 2.45) is 0 Å². The van der Waals surface area contributed by atoms with Crippen LogP contribution in [0.4, 0.5) is 0 Å². The van der Waals surface area contributed by atoms with Crippen molar-refractivity contribution in [2.75, 3.05) is 0 Å². The second-order valence-electron chi connectivity index (χ2n) is 4.43. The highest BCUT2D eigenvalue weighted by Crippen LogP contribution is 2.23. The Balaban J connectivity index is 0.000000774. The predicted molar refractivity (Wildman–Crippen MR) is 85.0 cm³/mol. The number of aromatic nitrogens is 3. The lowest BCUT2D eigenvalue weighted by atomic mass is 10.1. The third-order valence-electron chi connectivity index (χ3n) is 2.88. The van der Waals surface area contributed by atoms with Gasteiger partial charge in [0.05, 0.1) is 0 Å². The Morgan fingerprint density at radius 2 is 1.67 bits per heavy atom. The molecule has 3 rings (SSSR count). The van der Waals surface area contributed by atoms with E-state index in [0.717, 1.165) is 11.1 Å². The Labute approximate surface area is 124 Å². The fraction of sp³-hybridized carbons (Fsp3) is 0.176. The average molecular weight is 281 g/mol. The third kappa shape index (κ3) is 3.48. The van der Waals surface area contributed by atoms with Gasteiger partial charge >= 0.3 is 0 Å². The maximum absolute atomic E-state index is 9.47.